The van der Waals surface area contributed by atoms with Gasteiger partial charge in [-0.25, -0.2) is 0 Å². The highest BCUT2D eigenvalue weighted by Crippen LogP contribution is 2.47. The largest absolute Gasteiger partial charge is 0.291 e. The Morgan fingerprint density at radius 2 is 1.69 bits per heavy atom. The van der Waals surface area contributed by atoms with Crippen molar-refractivity contribution in [3.8, 4) is 0 Å². The van der Waals surface area contributed by atoms with E-state index in [4.69, 9.17) is 0 Å². The molecule has 0 radical (unpaired) electrons. The summed E-state index contributed by atoms with van der Waals surface area (Å²) in [4.78, 5) is 2.61. The number of nitrogens with zero attached hydrogens (tertiary/aromatic N) is 1. The van der Waals surface area contributed by atoms with Crippen molar-refractivity contribution in [2.45, 2.75) is 19.4 Å². The summed E-state index contributed by atoms with van der Waals surface area (Å²) in [5.41, 5.74) is 6.62. The Kier molecular flexibility index (Phi) is 4.65. The first-order valence-electron chi connectivity index (χ1n) is 9.62. The Labute approximate surface area is 157 Å². The summed E-state index contributed by atoms with van der Waals surface area (Å²) in [6.45, 7) is 13.2. The molecule has 2 unspecified atom stereocenters. The van der Waals surface area contributed by atoms with Crippen LogP contribution in [0.1, 0.15) is 30.5 Å². The van der Waals surface area contributed by atoms with E-state index in [9.17, 15) is 0 Å². The Morgan fingerprint density at radius 1 is 1.04 bits per heavy atom. The van der Waals surface area contributed by atoms with Crippen molar-refractivity contribution in [2.75, 3.05) is 13.1 Å². The molecule has 0 saturated carbocycles. The first-order chi connectivity index (χ1) is 12.7. The molecule has 0 bridgehead atoms. The average molecular weight is 341 g/mol. The molecule has 2 aromatic carbocycles. The molecule has 0 aromatic heterocycles. The minimum Gasteiger partial charge on any atom is -0.291 e. The van der Waals surface area contributed by atoms with E-state index in [1.165, 1.54) is 27.8 Å². The summed E-state index contributed by atoms with van der Waals surface area (Å²) in [6.07, 6.45) is 3.47. The van der Waals surface area contributed by atoms with E-state index >= 15 is 0 Å². The van der Waals surface area contributed by atoms with Crippen LogP contribution in [0.25, 0.3) is 5.57 Å². The van der Waals surface area contributed by atoms with Crippen molar-refractivity contribution in [1.29, 1.82) is 0 Å². The predicted octanol–water partition coefficient (Wildman–Crippen LogP) is 5.90. The summed E-state index contributed by atoms with van der Waals surface area (Å²) in [5.74, 6) is 1.09. The zero-order valence-electron chi connectivity index (χ0n) is 15.6. The topological polar surface area (TPSA) is 3.24 Å². The zero-order valence-corrected chi connectivity index (χ0v) is 15.6. The zero-order chi connectivity index (χ0) is 18.1. The second-order valence-corrected chi connectivity index (χ2v) is 7.52. The first kappa shape index (κ1) is 17.1. The van der Waals surface area contributed by atoms with E-state index in [2.05, 4.69) is 91.7 Å². The number of fused-ring (bicyclic) bond motifs is 1. The minimum atomic E-state index is 0.313. The summed E-state index contributed by atoms with van der Waals surface area (Å²) in [5, 5.41) is 0. The van der Waals surface area contributed by atoms with Crippen LogP contribution in [0.5, 0.6) is 0 Å². The van der Waals surface area contributed by atoms with Crippen LogP contribution in [0.3, 0.4) is 0 Å². The summed E-state index contributed by atoms with van der Waals surface area (Å²) < 4.78 is 0. The van der Waals surface area contributed by atoms with Crippen LogP contribution >= 0.6 is 0 Å². The van der Waals surface area contributed by atoms with E-state index < -0.39 is 0 Å². The van der Waals surface area contributed by atoms with Crippen LogP contribution in [0.4, 0.5) is 0 Å². The molecule has 26 heavy (non-hydrogen) atoms. The Bertz CT molecular complexity index is 831. The molecule has 2 aromatic rings. The van der Waals surface area contributed by atoms with Gasteiger partial charge in [0.2, 0.25) is 0 Å². The van der Waals surface area contributed by atoms with Crippen LogP contribution in [0.15, 0.2) is 91.0 Å². The maximum absolute atomic E-state index is 4.47. The molecular formula is C25H27N. The van der Waals surface area contributed by atoms with E-state index in [0.717, 1.165) is 19.5 Å². The maximum atomic E-state index is 4.47. The van der Waals surface area contributed by atoms with Crippen molar-refractivity contribution < 1.29 is 0 Å². The standard InChI is InChI=1S/C25H27N/c1-4-18(2)25(21-13-9-6-10-14-21)26-16-22-15-23(19(3)24(22)17-26)20-11-7-5-8-12-20/h5-15,22,24-25H,2-4,16-17H2,1H3/t22?,24?,25-/m1/s1. The van der Waals surface area contributed by atoms with Gasteiger partial charge in [0.1, 0.15) is 0 Å². The lowest BCUT2D eigenvalue weighted by atomic mass is 9.93. The third kappa shape index (κ3) is 2.97. The Balaban J connectivity index is 1.60. The molecule has 132 valence electrons. The fraction of sp³-hybridized carbons (Fsp3) is 0.280. The van der Waals surface area contributed by atoms with Crippen LogP contribution in [0, 0.1) is 11.8 Å². The van der Waals surface area contributed by atoms with Gasteiger partial charge >= 0.3 is 0 Å². The summed E-state index contributed by atoms with van der Waals surface area (Å²) in [6, 6.07) is 21.8. The summed E-state index contributed by atoms with van der Waals surface area (Å²) in [7, 11) is 0. The predicted molar refractivity (Wildman–Crippen MR) is 111 cm³/mol. The monoisotopic (exact) mass is 341 g/mol. The molecule has 2 aliphatic rings. The van der Waals surface area contributed by atoms with Gasteiger partial charge in [-0.1, -0.05) is 92.4 Å². The molecule has 1 nitrogen and oxygen atoms in total. The number of likely N-dealkylation sites (tertiary alicyclic amines) is 1. The van der Waals surface area contributed by atoms with Crippen molar-refractivity contribution in [2.24, 2.45) is 11.8 Å². The van der Waals surface area contributed by atoms with Gasteiger partial charge in [0, 0.05) is 19.0 Å². The first-order valence-corrected chi connectivity index (χ1v) is 9.62. The molecule has 1 fully saturated rings. The van der Waals surface area contributed by atoms with Crippen LogP contribution < -0.4 is 0 Å². The normalized spacial score (nSPS) is 23.6. The van der Waals surface area contributed by atoms with E-state index in [1.807, 2.05) is 0 Å². The number of benzene rings is 2. The molecule has 1 aliphatic heterocycles. The van der Waals surface area contributed by atoms with Crippen LogP contribution in [-0.4, -0.2) is 18.0 Å². The van der Waals surface area contributed by atoms with Gasteiger partial charge in [-0.15, -0.1) is 0 Å². The quantitative estimate of drug-likeness (QED) is 0.612. The molecule has 1 aliphatic carbocycles. The average Bonchev–Trinajstić information content (AvgIpc) is 3.23. The third-order valence-corrected chi connectivity index (χ3v) is 5.97. The smallest absolute Gasteiger partial charge is 0.0558 e. The Hall–Kier alpha value is -2.38. The van der Waals surface area contributed by atoms with Crippen LogP contribution in [-0.2, 0) is 0 Å². The molecule has 0 spiro atoms. The Morgan fingerprint density at radius 3 is 2.31 bits per heavy atom. The highest BCUT2D eigenvalue weighted by atomic mass is 15.2. The van der Waals surface area contributed by atoms with Crippen molar-refractivity contribution in [3.05, 3.63) is 102 Å². The van der Waals surface area contributed by atoms with Gasteiger partial charge < -0.3 is 0 Å². The van der Waals surface area contributed by atoms with Gasteiger partial charge in [-0.05, 0) is 34.6 Å². The number of rotatable bonds is 5. The lowest BCUT2D eigenvalue weighted by Gasteiger charge is -2.30. The fourth-order valence-electron chi connectivity index (χ4n) is 4.56. The number of hydrogen-bond donors (Lipinski definition) is 0. The van der Waals surface area contributed by atoms with E-state index in [-0.39, 0.29) is 0 Å². The number of allylic oxidation sites excluding steroid dienone is 1. The molecule has 3 atom stereocenters. The highest BCUT2D eigenvalue weighted by molar-refractivity contribution is 5.82. The van der Waals surface area contributed by atoms with E-state index in [1.54, 1.807) is 0 Å². The van der Waals surface area contributed by atoms with Crippen molar-refractivity contribution in [1.82, 2.24) is 4.90 Å². The van der Waals surface area contributed by atoms with Crippen molar-refractivity contribution in [3.63, 3.8) is 0 Å². The second kappa shape index (κ2) is 7.09. The van der Waals surface area contributed by atoms with Crippen LogP contribution in [0.2, 0.25) is 0 Å². The molecule has 1 heterocycles. The molecular weight excluding hydrogens is 314 g/mol. The SMILES string of the molecule is C=C1C(c2ccccc2)=CC2CN([C@H](C(=C)CC)c3ccccc3)CC12. The lowest BCUT2D eigenvalue weighted by Crippen LogP contribution is -2.28. The second-order valence-electron chi connectivity index (χ2n) is 7.52. The van der Waals surface area contributed by atoms with Gasteiger partial charge in [-0.3, -0.25) is 4.90 Å². The summed E-state index contributed by atoms with van der Waals surface area (Å²) >= 11 is 0. The molecule has 4 rings (SSSR count). The number of hydrogen-bond acceptors (Lipinski definition) is 1. The highest BCUT2D eigenvalue weighted by Gasteiger charge is 2.41. The lowest BCUT2D eigenvalue weighted by molar-refractivity contribution is 0.264. The van der Waals surface area contributed by atoms with Gasteiger partial charge in [0.25, 0.3) is 0 Å². The van der Waals surface area contributed by atoms with E-state index in [0.29, 0.717) is 17.9 Å². The molecule has 0 N–H and O–H groups in total. The van der Waals surface area contributed by atoms with Crippen molar-refractivity contribution >= 4 is 5.57 Å². The molecule has 1 heteroatoms. The maximum Gasteiger partial charge on any atom is 0.0558 e. The minimum absolute atomic E-state index is 0.313. The van der Waals surface area contributed by atoms with Gasteiger partial charge in [-0.2, -0.15) is 0 Å². The van der Waals surface area contributed by atoms with Gasteiger partial charge in [0.15, 0.2) is 0 Å². The van der Waals surface area contributed by atoms with Gasteiger partial charge in [0.05, 0.1) is 6.04 Å². The fourth-order valence-corrected chi connectivity index (χ4v) is 4.56. The third-order valence-electron chi connectivity index (χ3n) is 5.97. The molecule has 0 amide bonds. The molecule has 1 saturated heterocycles.